The summed E-state index contributed by atoms with van der Waals surface area (Å²) in [4.78, 5) is 26.2. The van der Waals surface area contributed by atoms with Gasteiger partial charge in [-0.1, -0.05) is 0 Å². The summed E-state index contributed by atoms with van der Waals surface area (Å²) in [5.74, 6) is -1.05. The highest BCUT2D eigenvalue weighted by atomic mass is 16.4. The number of amides is 2. The number of hydrogen-bond donors (Lipinski definition) is 1. The monoisotopic (exact) mass is 255 g/mol. The second kappa shape index (κ2) is 6.84. The van der Waals surface area contributed by atoms with Gasteiger partial charge < -0.3 is 14.9 Å². The van der Waals surface area contributed by atoms with Gasteiger partial charge in [-0.15, -0.1) is 0 Å². The van der Waals surface area contributed by atoms with Crippen LogP contribution in [-0.4, -0.2) is 52.1 Å². The van der Waals surface area contributed by atoms with E-state index < -0.39 is 11.5 Å². The van der Waals surface area contributed by atoms with E-state index in [-0.39, 0.29) is 12.5 Å². The minimum atomic E-state index is -1.26. The maximum atomic E-state index is 12.2. The van der Waals surface area contributed by atoms with Crippen LogP contribution in [0.25, 0.3) is 0 Å². The van der Waals surface area contributed by atoms with Gasteiger partial charge in [0.05, 0.1) is 12.5 Å². The topological polar surface area (TPSA) is 84.6 Å². The van der Waals surface area contributed by atoms with Crippen LogP contribution in [0.3, 0.4) is 0 Å². The Balaban J connectivity index is 5.00. The highest BCUT2D eigenvalue weighted by Gasteiger charge is 2.38. The van der Waals surface area contributed by atoms with Gasteiger partial charge in [0, 0.05) is 19.6 Å². The molecule has 6 heteroatoms. The van der Waals surface area contributed by atoms with Gasteiger partial charge in [-0.25, -0.2) is 9.59 Å². The van der Waals surface area contributed by atoms with Crippen LogP contribution in [0.1, 0.15) is 34.1 Å². The molecule has 0 heterocycles. The van der Waals surface area contributed by atoms with Crippen molar-refractivity contribution in [2.24, 2.45) is 0 Å². The van der Waals surface area contributed by atoms with Gasteiger partial charge in [-0.2, -0.15) is 5.26 Å². The van der Waals surface area contributed by atoms with Gasteiger partial charge in [-0.05, 0) is 27.7 Å². The number of carbonyl (C=O) groups excluding carboxylic acids is 1. The fourth-order valence-corrected chi connectivity index (χ4v) is 1.63. The van der Waals surface area contributed by atoms with E-state index in [9.17, 15) is 9.59 Å². The number of nitrogens with zero attached hydrogens (tertiary/aromatic N) is 3. The summed E-state index contributed by atoms with van der Waals surface area (Å²) in [5, 5.41) is 17.7. The molecule has 102 valence electrons. The molecule has 0 atom stereocenters. The molecule has 0 spiro atoms. The molecule has 6 nitrogen and oxygen atoms in total. The van der Waals surface area contributed by atoms with Crippen molar-refractivity contribution in [1.82, 2.24) is 9.80 Å². The number of carboxylic acids is 1. The predicted octanol–water partition coefficient (Wildman–Crippen LogP) is 1.53. The standard InChI is InChI=1S/C12H21N3O3/c1-5-14(9-7-8-13)11(18)15(6-2)12(3,4)10(16)17/h5-7,9H2,1-4H3,(H,16,17). The smallest absolute Gasteiger partial charge is 0.329 e. The quantitative estimate of drug-likeness (QED) is 0.780. The van der Waals surface area contributed by atoms with Crippen molar-refractivity contribution in [2.75, 3.05) is 19.6 Å². The normalized spacial score (nSPS) is 10.6. The zero-order chi connectivity index (χ0) is 14.3. The molecule has 0 aromatic heterocycles. The molecule has 0 aliphatic carbocycles. The third-order valence-corrected chi connectivity index (χ3v) is 2.89. The minimum Gasteiger partial charge on any atom is -0.480 e. The number of aliphatic carboxylic acids is 1. The Hall–Kier alpha value is -1.77. The number of likely N-dealkylation sites (N-methyl/N-ethyl adjacent to an activating group) is 1. The summed E-state index contributed by atoms with van der Waals surface area (Å²) in [5.41, 5.74) is -1.26. The highest BCUT2D eigenvalue weighted by molar-refractivity contribution is 5.85. The molecule has 0 bridgehead atoms. The molecule has 0 unspecified atom stereocenters. The van der Waals surface area contributed by atoms with Crippen molar-refractivity contribution in [1.29, 1.82) is 5.26 Å². The Morgan fingerprint density at radius 2 is 1.83 bits per heavy atom. The molecule has 1 N–H and O–H groups in total. The summed E-state index contributed by atoms with van der Waals surface area (Å²) in [6, 6.07) is 1.63. The van der Waals surface area contributed by atoms with Crippen LogP contribution < -0.4 is 0 Å². The van der Waals surface area contributed by atoms with Gasteiger partial charge in [-0.3, -0.25) is 0 Å². The van der Waals surface area contributed by atoms with Crippen LogP contribution in [-0.2, 0) is 4.79 Å². The van der Waals surface area contributed by atoms with Crippen molar-refractivity contribution >= 4 is 12.0 Å². The summed E-state index contributed by atoms with van der Waals surface area (Å²) >= 11 is 0. The number of rotatable bonds is 6. The molecule has 0 rings (SSSR count). The zero-order valence-electron chi connectivity index (χ0n) is 11.4. The average Bonchev–Trinajstić information content (AvgIpc) is 2.30. The van der Waals surface area contributed by atoms with Crippen molar-refractivity contribution in [3.63, 3.8) is 0 Å². The molecule has 0 radical (unpaired) electrons. The van der Waals surface area contributed by atoms with E-state index in [1.165, 1.54) is 23.6 Å². The number of hydrogen-bond acceptors (Lipinski definition) is 3. The summed E-state index contributed by atoms with van der Waals surface area (Å²) in [6.07, 6.45) is 0.241. The fourth-order valence-electron chi connectivity index (χ4n) is 1.63. The minimum absolute atomic E-state index is 0.241. The first-order chi connectivity index (χ1) is 8.32. The van der Waals surface area contributed by atoms with E-state index >= 15 is 0 Å². The summed E-state index contributed by atoms with van der Waals surface area (Å²) < 4.78 is 0. The lowest BCUT2D eigenvalue weighted by Crippen LogP contribution is -2.57. The lowest BCUT2D eigenvalue weighted by molar-refractivity contribution is -0.147. The van der Waals surface area contributed by atoms with E-state index in [0.29, 0.717) is 19.6 Å². The third kappa shape index (κ3) is 3.62. The molecule has 0 fully saturated rings. The first-order valence-corrected chi connectivity index (χ1v) is 5.99. The van der Waals surface area contributed by atoms with Crippen molar-refractivity contribution in [3.8, 4) is 6.07 Å². The Kier molecular flexibility index (Phi) is 6.17. The molecule has 0 aliphatic rings. The van der Waals surface area contributed by atoms with Crippen LogP contribution in [0, 0.1) is 11.3 Å². The van der Waals surface area contributed by atoms with Gasteiger partial charge in [0.2, 0.25) is 0 Å². The van der Waals surface area contributed by atoms with E-state index in [1.54, 1.807) is 13.8 Å². The van der Waals surface area contributed by atoms with Crippen molar-refractivity contribution < 1.29 is 14.7 Å². The van der Waals surface area contributed by atoms with E-state index in [0.717, 1.165) is 0 Å². The van der Waals surface area contributed by atoms with Gasteiger partial charge >= 0.3 is 12.0 Å². The molecular weight excluding hydrogens is 234 g/mol. The van der Waals surface area contributed by atoms with Crippen LogP contribution in [0.5, 0.6) is 0 Å². The van der Waals surface area contributed by atoms with Gasteiger partial charge in [0.25, 0.3) is 0 Å². The molecule has 0 aromatic rings. The highest BCUT2D eigenvalue weighted by Crippen LogP contribution is 2.17. The largest absolute Gasteiger partial charge is 0.480 e. The molecule has 2 amide bonds. The molecule has 0 saturated heterocycles. The number of urea groups is 1. The summed E-state index contributed by atoms with van der Waals surface area (Å²) in [7, 11) is 0. The number of nitriles is 1. The number of carboxylic acid groups (broad SMARTS) is 1. The maximum absolute atomic E-state index is 12.2. The Morgan fingerprint density at radius 3 is 2.17 bits per heavy atom. The predicted molar refractivity (Wildman–Crippen MR) is 67.0 cm³/mol. The van der Waals surface area contributed by atoms with Crippen LogP contribution >= 0.6 is 0 Å². The van der Waals surface area contributed by atoms with Crippen LogP contribution in [0.2, 0.25) is 0 Å². The third-order valence-electron chi connectivity index (χ3n) is 2.89. The Labute approximate surface area is 108 Å². The second-order valence-electron chi connectivity index (χ2n) is 4.38. The van der Waals surface area contributed by atoms with Crippen molar-refractivity contribution in [2.45, 2.75) is 39.7 Å². The van der Waals surface area contributed by atoms with Gasteiger partial charge in [0.15, 0.2) is 0 Å². The van der Waals surface area contributed by atoms with Crippen LogP contribution in [0.4, 0.5) is 4.79 Å². The average molecular weight is 255 g/mol. The summed E-state index contributed by atoms with van der Waals surface area (Å²) in [6.45, 7) is 7.60. The molecule has 0 saturated carbocycles. The fraction of sp³-hybridized carbons (Fsp3) is 0.750. The van der Waals surface area contributed by atoms with E-state index in [1.807, 2.05) is 6.07 Å². The second-order valence-corrected chi connectivity index (χ2v) is 4.38. The molecule has 18 heavy (non-hydrogen) atoms. The first kappa shape index (κ1) is 16.2. The Bertz CT molecular complexity index is 347. The SMILES string of the molecule is CCN(CCC#N)C(=O)N(CC)C(C)(C)C(=O)O. The van der Waals surface area contributed by atoms with Gasteiger partial charge in [0.1, 0.15) is 5.54 Å². The van der Waals surface area contributed by atoms with Crippen molar-refractivity contribution in [3.05, 3.63) is 0 Å². The lowest BCUT2D eigenvalue weighted by Gasteiger charge is -2.37. The van der Waals surface area contributed by atoms with E-state index in [2.05, 4.69) is 0 Å². The molecule has 0 aliphatic heterocycles. The van der Waals surface area contributed by atoms with E-state index in [4.69, 9.17) is 10.4 Å². The Morgan fingerprint density at radius 1 is 1.28 bits per heavy atom. The first-order valence-electron chi connectivity index (χ1n) is 5.99. The molecule has 0 aromatic carbocycles. The zero-order valence-corrected chi connectivity index (χ0v) is 11.4. The molecular formula is C12H21N3O3. The van der Waals surface area contributed by atoms with Crippen LogP contribution in [0.15, 0.2) is 0 Å². The maximum Gasteiger partial charge on any atom is 0.329 e. The number of carbonyl (C=O) groups is 2. The lowest BCUT2D eigenvalue weighted by atomic mass is 10.0.